The molecule has 0 aliphatic heterocycles. The van der Waals surface area contributed by atoms with Gasteiger partial charge in [0.15, 0.2) is 0 Å². The first-order valence-electron chi connectivity index (χ1n) is 5.34. The minimum atomic E-state index is 0.204. The first kappa shape index (κ1) is 12.3. The number of thiophene rings is 1. The summed E-state index contributed by atoms with van der Waals surface area (Å²) < 4.78 is 6.11. The average Bonchev–Trinajstić information content (AvgIpc) is 2.77. The number of hydrogen-bond donors (Lipinski definition) is 1. The van der Waals surface area contributed by atoms with E-state index in [9.17, 15) is 0 Å². The fourth-order valence-corrected chi connectivity index (χ4v) is 2.62. The SMILES string of the molecule is COc1ccccc1NC(C)c1csc(Cl)c1. The van der Waals surface area contributed by atoms with E-state index < -0.39 is 0 Å². The number of nitrogens with one attached hydrogen (secondary N) is 1. The van der Waals surface area contributed by atoms with Crippen LogP contribution in [0.3, 0.4) is 0 Å². The van der Waals surface area contributed by atoms with Crippen molar-refractivity contribution < 1.29 is 4.74 Å². The molecule has 1 unspecified atom stereocenters. The lowest BCUT2D eigenvalue weighted by atomic mass is 10.1. The Morgan fingerprint density at radius 2 is 2.12 bits per heavy atom. The summed E-state index contributed by atoms with van der Waals surface area (Å²) in [7, 11) is 1.67. The minimum absolute atomic E-state index is 0.204. The third-order valence-electron chi connectivity index (χ3n) is 2.57. The molecule has 2 nitrogen and oxygen atoms in total. The number of rotatable bonds is 4. The molecule has 0 fully saturated rings. The van der Waals surface area contributed by atoms with Crippen LogP contribution in [0.4, 0.5) is 5.69 Å². The second-order valence-electron chi connectivity index (χ2n) is 3.75. The molecule has 17 heavy (non-hydrogen) atoms. The molecule has 1 aromatic heterocycles. The summed E-state index contributed by atoms with van der Waals surface area (Å²) in [5, 5.41) is 5.48. The highest BCUT2D eigenvalue weighted by molar-refractivity contribution is 7.14. The third kappa shape index (κ3) is 2.93. The van der Waals surface area contributed by atoms with Gasteiger partial charge >= 0.3 is 0 Å². The van der Waals surface area contributed by atoms with Gasteiger partial charge in [0.05, 0.1) is 17.1 Å². The molecule has 1 N–H and O–H groups in total. The fourth-order valence-electron chi connectivity index (χ4n) is 1.63. The van der Waals surface area contributed by atoms with Crippen molar-refractivity contribution in [1.29, 1.82) is 0 Å². The fraction of sp³-hybridized carbons (Fsp3) is 0.231. The van der Waals surface area contributed by atoms with Crippen molar-refractivity contribution >= 4 is 28.6 Å². The van der Waals surface area contributed by atoms with Gasteiger partial charge in [-0.05, 0) is 36.1 Å². The molecule has 1 atom stereocenters. The highest BCUT2D eigenvalue weighted by Gasteiger charge is 2.09. The third-order valence-corrected chi connectivity index (χ3v) is 3.68. The molecule has 0 saturated carbocycles. The molecule has 4 heteroatoms. The van der Waals surface area contributed by atoms with Gasteiger partial charge in [-0.1, -0.05) is 23.7 Å². The van der Waals surface area contributed by atoms with Gasteiger partial charge in [-0.15, -0.1) is 11.3 Å². The summed E-state index contributed by atoms with van der Waals surface area (Å²) >= 11 is 7.48. The maximum Gasteiger partial charge on any atom is 0.141 e. The second kappa shape index (κ2) is 5.43. The molecular formula is C13H14ClNOS. The summed E-state index contributed by atoms with van der Waals surface area (Å²) in [6, 6.07) is 10.1. The first-order valence-corrected chi connectivity index (χ1v) is 6.60. The van der Waals surface area contributed by atoms with E-state index in [-0.39, 0.29) is 6.04 Å². The largest absolute Gasteiger partial charge is 0.495 e. The van der Waals surface area contributed by atoms with Crippen LogP contribution in [-0.4, -0.2) is 7.11 Å². The molecule has 1 heterocycles. The predicted molar refractivity (Wildman–Crippen MR) is 74.4 cm³/mol. The molecule has 1 aromatic carbocycles. The standard InChI is InChI=1S/C13H14ClNOS/c1-9(10-7-13(14)17-8-10)15-11-5-3-4-6-12(11)16-2/h3-9,15H,1-2H3. The smallest absolute Gasteiger partial charge is 0.141 e. The van der Waals surface area contributed by atoms with Crippen LogP contribution in [0, 0.1) is 0 Å². The normalized spacial score (nSPS) is 12.2. The molecule has 0 aliphatic rings. The van der Waals surface area contributed by atoms with Gasteiger partial charge in [0.2, 0.25) is 0 Å². The maximum absolute atomic E-state index is 5.93. The Morgan fingerprint density at radius 3 is 2.76 bits per heavy atom. The van der Waals surface area contributed by atoms with Crippen LogP contribution in [-0.2, 0) is 0 Å². The predicted octanol–water partition coefficient (Wildman–Crippen LogP) is 4.58. The lowest BCUT2D eigenvalue weighted by Gasteiger charge is -2.16. The molecule has 0 bridgehead atoms. The van der Waals surface area contributed by atoms with Crippen LogP contribution in [0.25, 0.3) is 0 Å². The van der Waals surface area contributed by atoms with Crippen LogP contribution in [0.1, 0.15) is 18.5 Å². The summed E-state index contributed by atoms with van der Waals surface area (Å²) in [6.07, 6.45) is 0. The maximum atomic E-state index is 5.93. The van der Waals surface area contributed by atoms with Crippen molar-refractivity contribution in [2.75, 3.05) is 12.4 Å². The van der Waals surface area contributed by atoms with Gasteiger partial charge in [-0.3, -0.25) is 0 Å². The Labute approximate surface area is 110 Å². The zero-order chi connectivity index (χ0) is 12.3. The van der Waals surface area contributed by atoms with E-state index in [0.29, 0.717) is 0 Å². The Hall–Kier alpha value is -1.19. The number of benzene rings is 1. The van der Waals surface area contributed by atoms with Gasteiger partial charge in [0, 0.05) is 6.04 Å². The van der Waals surface area contributed by atoms with Gasteiger partial charge < -0.3 is 10.1 Å². The van der Waals surface area contributed by atoms with Crippen LogP contribution in [0.5, 0.6) is 5.75 Å². The van der Waals surface area contributed by atoms with Crippen LogP contribution in [0.15, 0.2) is 35.7 Å². The van der Waals surface area contributed by atoms with Crippen molar-refractivity contribution in [3.8, 4) is 5.75 Å². The number of para-hydroxylation sites is 2. The van der Waals surface area contributed by atoms with E-state index >= 15 is 0 Å². The molecule has 90 valence electrons. The molecule has 0 aliphatic carbocycles. The van der Waals surface area contributed by atoms with E-state index in [2.05, 4.69) is 17.6 Å². The van der Waals surface area contributed by atoms with Gasteiger partial charge in [-0.2, -0.15) is 0 Å². The van der Waals surface area contributed by atoms with Gasteiger partial charge in [0.25, 0.3) is 0 Å². The van der Waals surface area contributed by atoms with Crippen LogP contribution in [0.2, 0.25) is 4.34 Å². The quantitative estimate of drug-likeness (QED) is 0.875. The number of methoxy groups -OCH3 is 1. The van der Waals surface area contributed by atoms with Gasteiger partial charge in [-0.25, -0.2) is 0 Å². The Kier molecular flexibility index (Phi) is 3.92. The topological polar surface area (TPSA) is 21.3 Å². The molecular weight excluding hydrogens is 254 g/mol. The second-order valence-corrected chi connectivity index (χ2v) is 5.29. The van der Waals surface area contributed by atoms with E-state index in [1.54, 1.807) is 18.4 Å². The van der Waals surface area contributed by atoms with Crippen LogP contribution >= 0.6 is 22.9 Å². The number of hydrogen-bond acceptors (Lipinski definition) is 3. The molecule has 0 spiro atoms. The summed E-state index contributed by atoms with van der Waals surface area (Å²) in [5.41, 5.74) is 2.18. The van der Waals surface area contributed by atoms with E-state index in [0.717, 1.165) is 15.8 Å². The van der Waals surface area contributed by atoms with Crippen LogP contribution < -0.4 is 10.1 Å². The molecule has 0 saturated heterocycles. The van der Waals surface area contributed by atoms with Crippen molar-refractivity contribution in [2.45, 2.75) is 13.0 Å². The summed E-state index contributed by atoms with van der Waals surface area (Å²) in [6.45, 7) is 2.10. The first-order chi connectivity index (χ1) is 8.20. The Morgan fingerprint density at radius 1 is 1.35 bits per heavy atom. The minimum Gasteiger partial charge on any atom is -0.495 e. The van der Waals surface area contributed by atoms with Crippen molar-refractivity contribution in [2.24, 2.45) is 0 Å². The summed E-state index contributed by atoms with van der Waals surface area (Å²) in [4.78, 5) is 0. The lowest BCUT2D eigenvalue weighted by Crippen LogP contribution is -2.06. The highest BCUT2D eigenvalue weighted by Crippen LogP contribution is 2.30. The number of ether oxygens (including phenoxy) is 1. The Balaban J connectivity index is 2.15. The molecule has 2 aromatic rings. The molecule has 2 rings (SSSR count). The van der Waals surface area contributed by atoms with E-state index in [1.807, 2.05) is 30.3 Å². The summed E-state index contributed by atoms with van der Waals surface area (Å²) in [5.74, 6) is 0.848. The van der Waals surface area contributed by atoms with Crippen molar-refractivity contribution in [3.63, 3.8) is 0 Å². The average molecular weight is 268 g/mol. The number of anilines is 1. The van der Waals surface area contributed by atoms with Crippen molar-refractivity contribution in [1.82, 2.24) is 0 Å². The van der Waals surface area contributed by atoms with E-state index in [4.69, 9.17) is 16.3 Å². The highest BCUT2D eigenvalue weighted by atomic mass is 35.5. The Bertz CT molecular complexity index is 498. The van der Waals surface area contributed by atoms with E-state index in [1.165, 1.54) is 5.56 Å². The lowest BCUT2D eigenvalue weighted by molar-refractivity contribution is 0.416. The van der Waals surface area contributed by atoms with Gasteiger partial charge in [0.1, 0.15) is 5.75 Å². The molecule has 0 amide bonds. The number of halogens is 1. The zero-order valence-electron chi connectivity index (χ0n) is 9.74. The monoisotopic (exact) mass is 267 g/mol. The van der Waals surface area contributed by atoms with Crippen molar-refractivity contribution in [3.05, 3.63) is 45.6 Å². The zero-order valence-corrected chi connectivity index (χ0v) is 11.3. The molecule has 0 radical (unpaired) electrons.